The van der Waals surface area contributed by atoms with Crippen LogP contribution in [0.25, 0.3) is 5.76 Å². The van der Waals surface area contributed by atoms with Crippen LogP contribution in [-0.2, 0) is 16.1 Å². The van der Waals surface area contributed by atoms with Crippen LogP contribution in [0.5, 0.6) is 11.5 Å². The van der Waals surface area contributed by atoms with Crippen molar-refractivity contribution in [1.29, 1.82) is 0 Å². The first-order valence-corrected chi connectivity index (χ1v) is 10.6. The molecule has 33 heavy (non-hydrogen) atoms. The second kappa shape index (κ2) is 9.60. The van der Waals surface area contributed by atoms with Crippen molar-refractivity contribution in [2.45, 2.75) is 19.0 Å². The van der Waals surface area contributed by atoms with Crippen molar-refractivity contribution >= 4 is 17.4 Å². The number of aliphatic hydroxyl groups is 1. The number of ketones is 1. The maximum absolute atomic E-state index is 13.1. The molecule has 1 aliphatic rings. The Hall–Kier alpha value is -4.07. The highest BCUT2D eigenvalue weighted by Gasteiger charge is 2.45. The van der Waals surface area contributed by atoms with E-state index in [2.05, 4.69) is 4.98 Å². The summed E-state index contributed by atoms with van der Waals surface area (Å²) in [5, 5.41) is 11.1. The van der Waals surface area contributed by atoms with Crippen molar-refractivity contribution in [3.63, 3.8) is 0 Å². The van der Waals surface area contributed by atoms with Crippen LogP contribution in [0.4, 0.5) is 0 Å². The Kier molecular flexibility index (Phi) is 6.44. The molecule has 0 spiro atoms. The van der Waals surface area contributed by atoms with E-state index in [1.54, 1.807) is 68.2 Å². The Morgan fingerprint density at radius 3 is 2.45 bits per heavy atom. The lowest BCUT2D eigenvalue weighted by Gasteiger charge is -2.25. The molecule has 1 saturated heterocycles. The first-order chi connectivity index (χ1) is 16.0. The number of aliphatic hydroxyl groups excluding tert-OH is 1. The van der Waals surface area contributed by atoms with Crippen LogP contribution in [0, 0.1) is 0 Å². The van der Waals surface area contributed by atoms with Gasteiger partial charge in [0.25, 0.3) is 11.7 Å². The number of benzene rings is 2. The number of imidazole rings is 1. The van der Waals surface area contributed by atoms with E-state index >= 15 is 0 Å². The Balaban J connectivity index is 1.74. The molecule has 1 atom stereocenters. The van der Waals surface area contributed by atoms with Gasteiger partial charge in [0.15, 0.2) is 0 Å². The molecule has 1 aromatic heterocycles. The minimum absolute atomic E-state index is 0.0565. The molecule has 1 amide bonds. The number of carbonyl (C=O) groups is 2. The van der Waals surface area contributed by atoms with Gasteiger partial charge in [-0.15, -0.1) is 0 Å². The van der Waals surface area contributed by atoms with Crippen molar-refractivity contribution in [3.05, 3.63) is 84.0 Å². The predicted octanol–water partition coefficient (Wildman–Crippen LogP) is 3.41. The summed E-state index contributed by atoms with van der Waals surface area (Å²) in [4.78, 5) is 31.7. The minimum Gasteiger partial charge on any atom is -0.507 e. The van der Waals surface area contributed by atoms with E-state index in [1.807, 2.05) is 10.8 Å². The summed E-state index contributed by atoms with van der Waals surface area (Å²) in [7, 11) is 3.09. The van der Waals surface area contributed by atoms with Crippen molar-refractivity contribution in [3.8, 4) is 11.5 Å². The SMILES string of the molecule is COc1ccc([C@H]2/C(=C(\O)c3cccc(OC)c3)C(=O)C(=O)N2CCCn2ccnc2)cc1. The highest BCUT2D eigenvalue weighted by Crippen LogP contribution is 2.40. The van der Waals surface area contributed by atoms with Crippen LogP contribution in [0.2, 0.25) is 0 Å². The molecule has 2 aromatic carbocycles. The summed E-state index contributed by atoms with van der Waals surface area (Å²) in [6.07, 6.45) is 5.86. The number of aromatic nitrogens is 2. The summed E-state index contributed by atoms with van der Waals surface area (Å²) >= 11 is 0. The highest BCUT2D eigenvalue weighted by molar-refractivity contribution is 6.46. The second-order valence-corrected chi connectivity index (χ2v) is 7.65. The smallest absolute Gasteiger partial charge is 0.295 e. The molecule has 4 rings (SSSR count). The fourth-order valence-electron chi connectivity index (χ4n) is 4.01. The Morgan fingerprint density at radius 2 is 1.79 bits per heavy atom. The van der Waals surface area contributed by atoms with Crippen molar-refractivity contribution in [1.82, 2.24) is 14.5 Å². The average Bonchev–Trinajstić information content (AvgIpc) is 3.46. The van der Waals surface area contributed by atoms with Gasteiger partial charge in [0, 0.05) is 31.0 Å². The molecule has 0 aliphatic carbocycles. The Labute approximate surface area is 191 Å². The molecule has 0 radical (unpaired) electrons. The van der Waals surface area contributed by atoms with Crippen LogP contribution in [0.15, 0.2) is 72.8 Å². The van der Waals surface area contributed by atoms with Gasteiger partial charge in [-0.05, 0) is 36.2 Å². The fourth-order valence-corrected chi connectivity index (χ4v) is 4.01. The van der Waals surface area contributed by atoms with E-state index in [1.165, 1.54) is 12.0 Å². The van der Waals surface area contributed by atoms with E-state index in [9.17, 15) is 14.7 Å². The average molecular weight is 447 g/mol. The molecule has 8 heteroatoms. The van der Waals surface area contributed by atoms with Crippen molar-refractivity contribution in [2.75, 3.05) is 20.8 Å². The van der Waals surface area contributed by atoms with Gasteiger partial charge in [-0.3, -0.25) is 9.59 Å². The topological polar surface area (TPSA) is 93.9 Å². The highest BCUT2D eigenvalue weighted by atomic mass is 16.5. The maximum atomic E-state index is 13.1. The van der Waals surface area contributed by atoms with Gasteiger partial charge in [0.2, 0.25) is 0 Å². The zero-order valence-electron chi connectivity index (χ0n) is 18.5. The summed E-state index contributed by atoms with van der Waals surface area (Å²) in [6, 6.07) is 13.2. The van der Waals surface area contributed by atoms with Crippen molar-refractivity contribution in [2.24, 2.45) is 0 Å². The van der Waals surface area contributed by atoms with Gasteiger partial charge in [-0.25, -0.2) is 4.98 Å². The van der Waals surface area contributed by atoms with E-state index in [-0.39, 0.29) is 11.3 Å². The lowest BCUT2D eigenvalue weighted by molar-refractivity contribution is -0.139. The number of likely N-dealkylation sites (tertiary alicyclic amines) is 1. The number of carbonyl (C=O) groups excluding carboxylic acids is 2. The Morgan fingerprint density at radius 1 is 1.03 bits per heavy atom. The number of methoxy groups -OCH3 is 2. The zero-order valence-corrected chi connectivity index (χ0v) is 18.5. The van der Waals surface area contributed by atoms with Crippen LogP contribution in [0.1, 0.15) is 23.6 Å². The molecule has 2 heterocycles. The summed E-state index contributed by atoms with van der Waals surface area (Å²) in [6.45, 7) is 0.989. The fraction of sp³-hybridized carbons (Fsp3) is 0.240. The molecular formula is C25H25N3O5. The number of amides is 1. The summed E-state index contributed by atoms with van der Waals surface area (Å²) in [5.74, 6) is -0.381. The largest absolute Gasteiger partial charge is 0.507 e. The summed E-state index contributed by atoms with van der Waals surface area (Å²) in [5.41, 5.74) is 1.17. The maximum Gasteiger partial charge on any atom is 0.295 e. The standard InChI is InChI=1S/C25H25N3O5/c1-32-19-9-7-17(8-10-19)22-21(23(29)18-5-3-6-20(15-18)33-2)24(30)25(31)28(22)13-4-12-27-14-11-26-16-27/h3,5-11,14-16,22,29H,4,12-13H2,1-2H3/b23-21+/t22-/m0/s1. The van der Waals surface area contributed by atoms with Gasteiger partial charge in [-0.2, -0.15) is 0 Å². The number of nitrogens with zero attached hydrogens (tertiary/aromatic N) is 3. The number of hydrogen-bond donors (Lipinski definition) is 1. The lowest BCUT2D eigenvalue weighted by Crippen LogP contribution is -2.31. The number of aryl methyl sites for hydroxylation is 1. The lowest BCUT2D eigenvalue weighted by atomic mass is 9.95. The first kappa shape index (κ1) is 22.1. The van der Waals surface area contributed by atoms with Crippen molar-refractivity contribution < 1.29 is 24.2 Å². The molecule has 8 nitrogen and oxygen atoms in total. The van der Waals surface area contributed by atoms with Gasteiger partial charge < -0.3 is 24.0 Å². The third kappa shape index (κ3) is 4.45. The third-order valence-corrected chi connectivity index (χ3v) is 5.69. The van der Waals surface area contributed by atoms with E-state index in [4.69, 9.17) is 9.47 Å². The first-order valence-electron chi connectivity index (χ1n) is 10.6. The van der Waals surface area contributed by atoms with E-state index in [0.717, 1.165) is 0 Å². The number of Topliss-reactive ketones (excluding diaryl/α,β-unsaturated/α-hetero) is 1. The van der Waals surface area contributed by atoms with Gasteiger partial charge in [0.05, 0.1) is 32.2 Å². The van der Waals surface area contributed by atoms with E-state index in [0.29, 0.717) is 42.1 Å². The quantitative estimate of drug-likeness (QED) is 0.323. The van der Waals surface area contributed by atoms with Crippen LogP contribution < -0.4 is 9.47 Å². The molecule has 0 saturated carbocycles. The predicted molar refractivity (Wildman–Crippen MR) is 122 cm³/mol. The zero-order chi connectivity index (χ0) is 23.4. The Bertz CT molecular complexity index is 1170. The minimum atomic E-state index is -0.718. The molecule has 0 unspecified atom stereocenters. The molecule has 0 bridgehead atoms. The van der Waals surface area contributed by atoms with Crippen LogP contribution in [0.3, 0.4) is 0 Å². The van der Waals surface area contributed by atoms with Gasteiger partial charge in [0.1, 0.15) is 17.3 Å². The second-order valence-electron chi connectivity index (χ2n) is 7.65. The molecule has 3 aromatic rings. The number of ether oxygens (including phenoxy) is 2. The number of hydrogen-bond acceptors (Lipinski definition) is 6. The molecule has 1 N–H and O–H groups in total. The third-order valence-electron chi connectivity index (χ3n) is 5.69. The van der Waals surface area contributed by atoms with Gasteiger partial charge >= 0.3 is 0 Å². The molecule has 1 fully saturated rings. The van der Waals surface area contributed by atoms with Crippen LogP contribution >= 0.6 is 0 Å². The normalized spacial score (nSPS) is 17.4. The molecular weight excluding hydrogens is 422 g/mol. The summed E-state index contributed by atoms with van der Waals surface area (Å²) < 4.78 is 12.4. The monoisotopic (exact) mass is 447 g/mol. The van der Waals surface area contributed by atoms with Crippen LogP contribution in [-0.4, -0.2) is 52.0 Å². The van der Waals surface area contributed by atoms with Gasteiger partial charge in [-0.1, -0.05) is 24.3 Å². The molecule has 1 aliphatic heterocycles. The molecule has 170 valence electrons. The number of rotatable bonds is 8. The van der Waals surface area contributed by atoms with E-state index < -0.39 is 17.7 Å².